The normalized spacial score (nSPS) is 11.9. The number of non-ortho nitro benzene ring substituents is 1. The van der Waals surface area contributed by atoms with Gasteiger partial charge in [-0.05, 0) is 5.56 Å². The molecule has 0 aromatic heterocycles. The molecule has 0 aliphatic heterocycles. The van der Waals surface area contributed by atoms with Gasteiger partial charge in [0.1, 0.15) is 6.04 Å². The first kappa shape index (κ1) is 15.6. The average molecular weight is 280 g/mol. The maximum Gasteiger partial charge on any atom is 0.326 e. The minimum atomic E-state index is -1.14. The van der Waals surface area contributed by atoms with Crippen LogP contribution in [0.4, 0.5) is 5.69 Å². The molecule has 7 heteroatoms. The van der Waals surface area contributed by atoms with Crippen LogP contribution in [0.25, 0.3) is 0 Å². The number of carbonyl (C=O) groups is 2. The number of amides is 1. The first-order valence-electron chi connectivity index (χ1n) is 6.07. The lowest BCUT2D eigenvalue weighted by Crippen LogP contribution is -2.44. The zero-order valence-electron chi connectivity index (χ0n) is 11.2. The lowest BCUT2D eigenvalue weighted by atomic mass is 10.0. The van der Waals surface area contributed by atoms with Gasteiger partial charge in [0.05, 0.1) is 4.92 Å². The van der Waals surface area contributed by atoms with Crippen molar-refractivity contribution in [3.05, 3.63) is 39.9 Å². The van der Waals surface area contributed by atoms with Crippen LogP contribution >= 0.6 is 0 Å². The zero-order valence-corrected chi connectivity index (χ0v) is 11.2. The number of carbonyl (C=O) groups excluding carboxylic acids is 1. The predicted molar refractivity (Wildman–Crippen MR) is 71.2 cm³/mol. The number of hydrogen-bond acceptors (Lipinski definition) is 4. The van der Waals surface area contributed by atoms with E-state index in [1.807, 2.05) is 0 Å². The number of carboxylic acids is 1. The molecule has 1 atom stereocenters. The maximum atomic E-state index is 11.5. The summed E-state index contributed by atoms with van der Waals surface area (Å²) in [7, 11) is 0. The summed E-state index contributed by atoms with van der Waals surface area (Å²) >= 11 is 0. The molecule has 108 valence electrons. The highest BCUT2D eigenvalue weighted by Gasteiger charge is 2.21. The van der Waals surface area contributed by atoms with E-state index in [1.165, 1.54) is 24.3 Å². The molecule has 0 saturated carbocycles. The van der Waals surface area contributed by atoms with Crippen LogP contribution in [0.5, 0.6) is 0 Å². The van der Waals surface area contributed by atoms with Gasteiger partial charge >= 0.3 is 5.97 Å². The molecule has 1 rings (SSSR count). The van der Waals surface area contributed by atoms with Crippen LogP contribution in [0.3, 0.4) is 0 Å². The molecule has 0 spiro atoms. The topological polar surface area (TPSA) is 110 Å². The molecule has 1 aromatic rings. The highest BCUT2D eigenvalue weighted by Crippen LogP contribution is 2.13. The Kier molecular flexibility index (Phi) is 5.19. The Morgan fingerprint density at radius 3 is 2.25 bits per heavy atom. The van der Waals surface area contributed by atoms with Crippen LogP contribution in [0.1, 0.15) is 19.4 Å². The molecule has 7 nitrogen and oxygen atoms in total. The summed E-state index contributed by atoms with van der Waals surface area (Å²) in [6.45, 7) is 3.33. The van der Waals surface area contributed by atoms with Gasteiger partial charge in [0.2, 0.25) is 5.91 Å². The number of hydrogen-bond donors (Lipinski definition) is 2. The fraction of sp³-hybridized carbons (Fsp3) is 0.385. The second-order valence-electron chi connectivity index (χ2n) is 4.68. The van der Waals surface area contributed by atoms with Crippen molar-refractivity contribution in [2.24, 2.45) is 5.92 Å². The Hall–Kier alpha value is -2.44. The van der Waals surface area contributed by atoms with E-state index < -0.39 is 16.9 Å². The van der Waals surface area contributed by atoms with Gasteiger partial charge in [0, 0.05) is 24.5 Å². The van der Waals surface area contributed by atoms with Crippen LogP contribution in [-0.4, -0.2) is 27.9 Å². The van der Waals surface area contributed by atoms with E-state index in [0.717, 1.165) is 0 Å². The molecule has 0 fully saturated rings. The molecule has 0 radical (unpaired) electrons. The van der Waals surface area contributed by atoms with Crippen molar-refractivity contribution in [2.45, 2.75) is 26.3 Å². The quantitative estimate of drug-likeness (QED) is 0.604. The van der Waals surface area contributed by atoms with Gasteiger partial charge in [-0.2, -0.15) is 0 Å². The van der Waals surface area contributed by atoms with Gasteiger partial charge in [0.15, 0.2) is 0 Å². The van der Waals surface area contributed by atoms with Crippen LogP contribution in [0.15, 0.2) is 24.3 Å². The summed E-state index contributed by atoms with van der Waals surface area (Å²) in [5.74, 6) is -1.80. The molecule has 2 N–H and O–H groups in total. The maximum absolute atomic E-state index is 11.5. The molecule has 0 aliphatic rings. The molecule has 20 heavy (non-hydrogen) atoms. The van der Waals surface area contributed by atoms with Gasteiger partial charge in [-0.15, -0.1) is 0 Å². The molecular formula is C13H16N2O5. The summed E-state index contributed by atoms with van der Waals surface area (Å²) < 4.78 is 0. The van der Waals surface area contributed by atoms with Gasteiger partial charge in [-0.25, -0.2) is 4.79 Å². The number of carboxylic acid groups (broad SMARTS) is 1. The van der Waals surface area contributed by atoms with Gasteiger partial charge in [0.25, 0.3) is 5.69 Å². The summed E-state index contributed by atoms with van der Waals surface area (Å²) in [4.78, 5) is 32.6. The van der Waals surface area contributed by atoms with E-state index in [2.05, 4.69) is 5.32 Å². The Morgan fingerprint density at radius 1 is 1.30 bits per heavy atom. The molecule has 0 heterocycles. The third kappa shape index (κ3) is 4.34. The number of nitro benzene ring substituents is 1. The highest BCUT2D eigenvalue weighted by molar-refractivity contribution is 5.84. The zero-order chi connectivity index (χ0) is 15.3. The number of nitrogens with one attached hydrogen (secondary N) is 1. The van der Waals surface area contributed by atoms with Crippen LogP contribution in [-0.2, 0) is 16.0 Å². The van der Waals surface area contributed by atoms with Crippen molar-refractivity contribution >= 4 is 17.6 Å². The second-order valence-corrected chi connectivity index (χ2v) is 4.68. The lowest BCUT2D eigenvalue weighted by Gasteiger charge is -2.16. The van der Waals surface area contributed by atoms with Crippen molar-refractivity contribution in [3.63, 3.8) is 0 Å². The minimum Gasteiger partial charge on any atom is -0.480 e. The fourth-order valence-electron chi connectivity index (χ4n) is 1.53. The third-order valence-electron chi connectivity index (χ3n) is 2.73. The summed E-state index contributed by atoms with van der Waals surface area (Å²) in [6.07, 6.45) is 0.0752. The third-order valence-corrected chi connectivity index (χ3v) is 2.73. The SMILES string of the molecule is CC(C)C(=O)N[C@H](Cc1ccc([N+](=O)[O-])cc1)C(=O)O. The monoisotopic (exact) mass is 280 g/mol. The summed E-state index contributed by atoms with van der Waals surface area (Å²) in [6, 6.07) is 4.52. The fourth-order valence-corrected chi connectivity index (χ4v) is 1.53. The molecule has 0 aliphatic carbocycles. The average Bonchev–Trinajstić information content (AvgIpc) is 2.38. The largest absolute Gasteiger partial charge is 0.480 e. The van der Waals surface area contributed by atoms with Gasteiger partial charge in [-0.3, -0.25) is 14.9 Å². The van der Waals surface area contributed by atoms with Crippen LogP contribution in [0, 0.1) is 16.0 Å². The number of rotatable bonds is 6. The molecule has 0 bridgehead atoms. The van der Waals surface area contributed by atoms with E-state index >= 15 is 0 Å². The smallest absolute Gasteiger partial charge is 0.326 e. The second kappa shape index (κ2) is 6.65. The Labute approximate surface area is 115 Å². The summed E-state index contributed by atoms with van der Waals surface area (Å²) in [5, 5.41) is 22.0. The highest BCUT2D eigenvalue weighted by atomic mass is 16.6. The van der Waals surface area contributed by atoms with Gasteiger partial charge in [-0.1, -0.05) is 26.0 Å². The van der Waals surface area contributed by atoms with Crippen molar-refractivity contribution in [1.82, 2.24) is 5.32 Å². The van der Waals surface area contributed by atoms with Crippen molar-refractivity contribution < 1.29 is 19.6 Å². The van der Waals surface area contributed by atoms with Gasteiger partial charge < -0.3 is 10.4 Å². The van der Waals surface area contributed by atoms with Crippen molar-refractivity contribution in [1.29, 1.82) is 0 Å². The van der Waals surface area contributed by atoms with Crippen molar-refractivity contribution in [3.8, 4) is 0 Å². The number of nitro groups is 1. The van der Waals surface area contributed by atoms with Crippen LogP contribution < -0.4 is 5.32 Å². The molecule has 1 aromatic carbocycles. The molecule has 0 unspecified atom stereocenters. The Morgan fingerprint density at radius 2 is 1.85 bits per heavy atom. The lowest BCUT2D eigenvalue weighted by molar-refractivity contribution is -0.384. The van der Waals surface area contributed by atoms with E-state index in [9.17, 15) is 19.7 Å². The predicted octanol–water partition coefficient (Wildman–Crippen LogP) is 1.36. The molecular weight excluding hydrogens is 264 g/mol. The Balaban J connectivity index is 2.78. The number of nitrogens with zero attached hydrogens (tertiary/aromatic N) is 1. The van der Waals surface area contributed by atoms with Crippen LogP contribution in [0.2, 0.25) is 0 Å². The van der Waals surface area contributed by atoms with E-state index in [0.29, 0.717) is 5.56 Å². The number of aliphatic carboxylic acids is 1. The molecule has 0 saturated heterocycles. The van der Waals surface area contributed by atoms with E-state index in [1.54, 1.807) is 13.8 Å². The van der Waals surface area contributed by atoms with E-state index in [4.69, 9.17) is 5.11 Å². The molecule has 1 amide bonds. The first-order chi connectivity index (χ1) is 9.31. The number of benzene rings is 1. The minimum absolute atomic E-state index is 0.0631. The van der Waals surface area contributed by atoms with Crippen molar-refractivity contribution in [2.75, 3.05) is 0 Å². The first-order valence-corrected chi connectivity index (χ1v) is 6.07. The summed E-state index contributed by atoms with van der Waals surface area (Å²) in [5.41, 5.74) is 0.541. The standard InChI is InChI=1S/C13H16N2O5/c1-8(2)12(16)14-11(13(17)18)7-9-3-5-10(6-4-9)15(19)20/h3-6,8,11H,7H2,1-2H3,(H,14,16)(H,17,18)/t11-/m1/s1. The van der Waals surface area contributed by atoms with E-state index in [-0.39, 0.29) is 23.9 Å². The Bertz CT molecular complexity index is 510.